The molecular formula is C33H34O4. The zero-order valence-electron chi connectivity index (χ0n) is 21.6. The molecular weight excluding hydrogens is 460 g/mol. The Kier molecular flexibility index (Phi) is 6.15. The molecule has 4 N–H and O–H groups in total. The lowest BCUT2D eigenvalue weighted by Crippen LogP contribution is -2.41. The summed E-state index contributed by atoms with van der Waals surface area (Å²) >= 11 is 0. The summed E-state index contributed by atoms with van der Waals surface area (Å²) in [4.78, 5) is 0. The molecule has 0 spiro atoms. The molecule has 4 heteroatoms. The second-order valence-electron chi connectivity index (χ2n) is 10.7. The summed E-state index contributed by atoms with van der Waals surface area (Å²) in [5.41, 5.74) is 6.62. The van der Waals surface area contributed by atoms with Crippen LogP contribution >= 0.6 is 0 Å². The molecule has 4 nitrogen and oxygen atoms in total. The first kappa shape index (κ1) is 24.8. The van der Waals surface area contributed by atoms with Gasteiger partial charge in [0.2, 0.25) is 0 Å². The Morgan fingerprint density at radius 3 is 1.27 bits per heavy atom. The van der Waals surface area contributed by atoms with Gasteiger partial charge in [-0.3, -0.25) is 0 Å². The highest BCUT2D eigenvalue weighted by molar-refractivity contribution is 5.52. The van der Waals surface area contributed by atoms with E-state index in [4.69, 9.17) is 0 Å². The van der Waals surface area contributed by atoms with Crippen molar-refractivity contribution in [3.63, 3.8) is 0 Å². The Bertz CT molecular complexity index is 1400. The topological polar surface area (TPSA) is 80.9 Å². The third kappa shape index (κ3) is 4.21. The standard InChI is InChI=1S/C33H34O4/c1-21-18-26(8-13-30(21)36)32(24-4-9-28(34)10-5-24)14-16-33(17-15-32,25-6-11-29(35)12-7-25)27-19-22(2)31(37)23(3)20-27/h4-13,18-20,34-37H,14-17H2,1-3H3. The first-order valence-electron chi connectivity index (χ1n) is 12.8. The van der Waals surface area contributed by atoms with Gasteiger partial charge in [0.05, 0.1) is 0 Å². The van der Waals surface area contributed by atoms with Crippen LogP contribution in [0, 0.1) is 20.8 Å². The van der Waals surface area contributed by atoms with Crippen LogP contribution in [0.4, 0.5) is 0 Å². The second-order valence-corrected chi connectivity index (χ2v) is 10.7. The third-order valence-corrected chi connectivity index (χ3v) is 8.59. The molecule has 0 heterocycles. The summed E-state index contributed by atoms with van der Waals surface area (Å²) in [6.07, 6.45) is 3.40. The van der Waals surface area contributed by atoms with E-state index >= 15 is 0 Å². The number of phenolic OH excluding ortho intramolecular Hbond substituents is 4. The average Bonchev–Trinajstić information content (AvgIpc) is 2.89. The van der Waals surface area contributed by atoms with Crippen molar-refractivity contribution < 1.29 is 20.4 Å². The summed E-state index contributed by atoms with van der Waals surface area (Å²) in [6.45, 7) is 5.81. The molecule has 0 radical (unpaired) electrons. The van der Waals surface area contributed by atoms with Crippen molar-refractivity contribution in [1.29, 1.82) is 0 Å². The van der Waals surface area contributed by atoms with E-state index in [1.807, 2.05) is 51.1 Å². The Morgan fingerprint density at radius 1 is 0.459 bits per heavy atom. The molecule has 4 aromatic rings. The minimum Gasteiger partial charge on any atom is -0.508 e. The maximum atomic E-state index is 10.5. The van der Waals surface area contributed by atoms with Crippen LogP contribution in [0.1, 0.15) is 64.6 Å². The highest BCUT2D eigenvalue weighted by Crippen LogP contribution is 2.55. The summed E-state index contributed by atoms with van der Waals surface area (Å²) in [6, 6.07) is 25.2. The number of phenols is 4. The van der Waals surface area contributed by atoms with Gasteiger partial charge in [0, 0.05) is 10.8 Å². The van der Waals surface area contributed by atoms with Crippen molar-refractivity contribution in [3.8, 4) is 23.0 Å². The summed E-state index contributed by atoms with van der Waals surface area (Å²) in [7, 11) is 0. The molecule has 0 saturated heterocycles. The summed E-state index contributed by atoms with van der Waals surface area (Å²) in [5, 5.41) is 40.7. The van der Waals surface area contributed by atoms with Gasteiger partial charge >= 0.3 is 0 Å². The Morgan fingerprint density at radius 2 is 0.838 bits per heavy atom. The van der Waals surface area contributed by atoms with E-state index in [-0.39, 0.29) is 28.1 Å². The lowest BCUT2D eigenvalue weighted by atomic mass is 9.55. The van der Waals surface area contributed by atoms with Crippen molar-refractivity contribution in [1.82, 2.24) is 0 Å². The van der Waals surface area contributed by atoms with E-state index in [1.165, 1.54) is 5.56 Å². The van der Waals surface area contributed by atoms with Gasteiger partial charge in [-0.25, -0.2) is 0 Å². The van der Waals surface area contributed by atoms with Crippen LogP contribution in [0.2, 0.25) is 0 Å². The zero-order valence-corrected chi connectivity index (χ0v) is 21.6. The fourth-order valence-electron chi connectivity index (χ4n) is 6.34. The molecule has 1 saturated carbocycles. The van der Waals surface area contributed by atoms with Crippen molar-refractivity contribution in [2.45, 2.75) is 57.3 Å². The van der Waals surface area contributed by atoms with Gasteiger partial charge in [-0.2, -0.15) is 0 Å². The van der Waals surface area contributed by atoms with Crippen molar-refractivity contribution in [3.05, 3.63) is 118 Å². The van der Waals surface area contributed by atoms with E-state index in [9.17, 15) is 20.4 Å². The molecule has 1 aliphatic rings. The van der Waals surface area contributed by atoms with Crippen molar-refractivity contribution in [2.24, 2.45) is 0 Å². The smallest absolute Gasteiger partial charge is 0.121 e. The van der Waals surface area contributed by atoms with Gasteiger partial charge in [-0.05, 0) is 116 Å². The van der Waals surface area contributed by atoms with Crippen LogP contribution in [0.5, 0.6) is 23.0 Å². The molecule has 0 bridgehead atoms. The SMILES string of the molecule is Cc1cc(C2(c3ccc(O)cc3)CCC(c3ccc(O)cc3)(c3cc(C)c(O)c(C)c3)CC2)ccc1O. The van der Waals surface area contributed by atoms with Crippen LogP contribution in [0.3, 0.4) is 0 Å². The van der Waals surface area contributed by atoms with E-state index in [0.717, 1.165) is 59.1 Å². The minimum atomic E-state index is -0.288. The predicted octanol–water partition coefficient (Wildman–Crippen LogP) is 7.28. The lowest BCUT2D eigenvalue weighted by molar-refractivity contribution is 0.256. The molecule has 0 unspecified atom stereocenters. The van der Waals surface area contributed by atoms with Crippen LogP contribution < -0.4 is 0 Å². The monoisotopic (exact) mass is 494 g/mol. The predicted molar refractivity (Wildman–Crippen MR) is 147 cm³/mol. The van der Waals surface area contributed by atoms with Crippen LogP contribution in [0.25, 0.3) is 0 Å². The van der Waals surface area contributed by atoms with Gasteiger partial charge in [-0.15, -0.1) is 0 Å². The summed E-state index contributed by atoms with van der Waals surface area (Å²) < 4.78 is 0. The van der Waals surface area contributed by atoms with Crippen LogP contribution in [-0.2, 0) is 10.8 Å². The van der Waals surface area contributed by atoms with E-state index in [0.29, 0.717) is 5.75 Å². The van der Waals surface area contributed by atoms with E-state index < -0.39 is 0 Å². The molecule has 0 amide bonds. The number of aryl methyl sites for hydroxylation is 3. The maximum Gasteiger partial charge on any atom is 0.121 e. The maximum absolute atomic E-state index is 10.5. The van der Waals surface area contributed by atoms with Crippen molar-refractivity contribution >= 4 is 0 Å². The molecule has 1 fully saturated rings. The van der Waals surface area contributed by atoms with Gasteiger partial charge < -0.3 is 20.4 Å². The second kappa shape index (κ2) is 9.19. The molecule has 4 aromatic carbocycles. The minimum absolute atomic E-state index is 0.241. The lowest BCUT2D eigenvalue weighted by Gasteiger charge is -2.48. The molecule has 0 atom stereocenters. The number of rotatable bonds is 4. The van der Waals surface area contributed by atoms with E-state index in [1.54, 1.807) is 30.3 Å². The molecule has 1 aliphatic carbocycles. The van der Waals surface area contributed by atoms with Gasteiger partial charge in [0.15, 0.2) is 0 Å². The molecule has 5 rings (SSSR count). The zero-order chi connectivity index (χ0) is 26.4. The average molecular weight is 495 g/mol. The molecule has 0 aromatic heterocycles. The Balaban J connectivity index is 1.66. The highest BCUT2D eigenvalue weighted by atomic mass is 16.3. The number of hydrogen-bond acceptors (Lipinski definition) is 4. The number of benzene rings is 4. The van der Waals surface area contributed by atoms with Crippen molar-refractivity contribution in [2.75, 3.05) is 0 Å². The number of hydrogen-bond donors (Lipinski definition) is 4. The first-order chi connectivity index (χ1) is 17.6. The quantitative estimate of drug-likeness (QED) is 0.240. The summed E-state index contributed by atoms with van der Waals surface area (Å²) in [5.74, 6) is 1.10. The fraction of sp³-hybridized carbons (Fsp3) is 0.273. The molecule has 190 valence electrons. The first-order valence-corrected chi connectivity index (χ1v) is 12.8. The Labute approximate surface area is 218 Å². The molecule has 37 heavy (non-hydrogen) atoms. The Hall–Kier alpha value is -3.92. The van der Waals surface area contributed by atoms with E-state index in [2.05, 4.69) is 18.2 Å². The highest BCUT2D eigenvalue weighted by Gasteiger charge is 2.46. The van der Waals surface area contributed by atoms with Gasteiger partial charge in [-0.1, -0.05) is 48.5 Å². The third-order valence-electron chi connectivity index (χ3n) is 8.59. The van der Waals surface area contributed by atoms with Gasteiger partial charge in [0.1, 0.15) is 23.0 Å². The van der Waals surface area contributed by atoms with Gasteiger partial charge in [0.25, 0.3) is 0 Å². The number of aromatic hydroxyl groups is 4. The van der Waals surface area contributed by atoms with Crippen LogP contribution in [0.15, 0.2) is 78.9 Å². The molecule has 0 aliphatic heterocycles. The largest absolute Gasteiger partial charge is 0.508 e. The fourth-order valence-corrected chi connectivity index (χ4v) is 6.34. The normalized spacial score (nSPS) is 21.6. The van der Waals surface area contributed by atoms with Crippen LogP contribution in [-0.4, -0.2) is 20.4 Å².